The van der Waals surface area contributed by atoms with Crippen LogP contribution in [0.25, 0.3) is 10.9 Å². The highest BCUT2D eigenvalue weighted by atomic mass is 16.4. The van der Waals surface area contributed by atoms with Crippen LogP contribution in [0.15, 0.2) is 12.3 Å². The predicted molar refractivity (Wildman–Crippen MR) is 45.6 cm³/mol. The Morgan fingerprint density at radius 3 is 3.08 bits per heavy atom. The normalized spacial score (nSPS) is 10.5. The second kappa shape index (κ2) is 2.55. The number of nitrogens with one attached hydrogen (secondary N) is 1. The molecule has 0 aliphatic heterocycles. The first-order valence-corrected chi connectivity index (χ1v) is 3.72. The first-order valence-electron chi connectivity index (χ1n) is 3.72. The summed E-state index contributed by atoms with van der Waals surface area (Å²) in [4.78, 5) is 14.7. The highest BCUT2D eigenvalue weighted by molar-refractivity contribution is 6.00. The summed E-state index contributed by atoms with van der Waals surface area (Å²) in [5.41, 5.74) is 1.46. The standard InChI is InChI=1S/C8H7N3O2/c1-4-2-5-6(3-9-4)10-11-7(5)8(12)13/h2-3H,1H3,(H,10,11)(H,12,13). The topological polar surface area (TPSA) is 78.9 Å². The fourth-order valence-electron chi connectivity index (χ4n) is 1.18. The lowest BCUT2D eigenvalue weighted by Crippen LogP contribution is -1.96. The third kappa shape index (κ3) is 1.14. The molecule has 0 aliphatic rings. The van der Waals surface area contributed by atoms with E-state index < -0.39 is 5.97 Å². The Hall–Kier alpha value is -1.91. The molecule has 0 saturated carbocycles. The third-order valence-corrected chi connectivity index (χ3v) is 1.79. The van der Waals surface area contributed by atoms with Crippen LogP contribution in [0.2, 0.25) is 0 Å². The Morgan fingerprint density at radius 1 is 1.62 bits per heavy atom. The van der Waals surface area contributed by atoms with E-state index in [9.17, 15) is 4.79 Å². The van der Waals surface area contributed by atoms with Gasteiger partial charge in [0.25, 0.3) is 0 Å². The number of hydrogen-bond donors (Lipinski definition) is 2. The summed E-state index contributed by atoms with van der Waals surface area (Å²) in [5, 5.41) is 15.6. The SMILES string of the molecule is Cc1cc2c(C(=O)O)n[nH]c2cn1. The number of aromatic amines is 1. The largest absolute Gasteiger partial charge is 0.476 e. The molecule has 5 nitrogen and oxygen atoms in total. The van der Waals surface area contributed by atoms with Gasteiger partial charge in [0, 0.05) is 11.1 Å². The van der Waals surface area contributed by atoms with Crippen molar-refractivity contribution in [2.75, 3.05) is 0 Å². The van der Waals surface area contributed by atoms with Gasteiger partial charge < -0.3 is 5.11 Å². The van der Waals surface area contributed by atoms with Gasteiger partial charge in [-0.25, -0.2) is 4.79 Å². The van der Waals surface area contributed by atoms with Gasteiger partial charge in [-0.05, 0) is 13.0 Å². The van der Waals surface area contributed by atoms with E-state index in [0.717, 1.165) is 5.69 Å². The number of pyridine rings is 1. The number of hydrogen-bond acceptors (Lipinski definition) is 3. The molecule has 0 aliphatic carbocycles. The summed E-state index contributed by atoms with van der Waals surface area (Å²) in [5.74, 6) is -1.03. The van der Waals surface area contributed by atoms with Crippen LogP contribution >= 0.6 is 0 Å². The van der Waals surface area contributed by atoms with Gasteiger partial charge in [0.2, 0.25) is 0 Å². The Kier molecular flexibility index (Phi) is 1.51. The van der Waals surface area contributed by atoms with Crippen LogP contribution in [0.5, 0.6) is 0 Å². The van der Waals surface area contributed by atoms with Crippen molar-refractivity contribution in [3.63, 3.8) is 0 Å². The molecule has 0 saturated heterocycles. The van der Waals surface area contributed by atoms with Gasteiger partial charge in [-0.15, -0.1) is 0 Å². The van der Waals surface area contributed by atoms with E-state index in [2.05, 4.69) is 15.2 Å². The number of carboxylic acids is 1. The van der Waals surface area contributed by atoms with Crippen molar-refractivity contribution in [3.05, 3.63) is 23.7 Å². The average molecular weight is 177 g/mol. The van der Waals surface area contributed by atoms with Gasteiger partial charge >= 0.3 is 5.97 Å². The van der Waals surface area contributed by atoms with Gasteiger partial charge in [0.05, 0.1) is 11.7 Å². The molecule has 2 N–H and O–H groups in total. The van der Waals surface area contributed by atoms with Crippen LogP contribution in [0, 0.1) is 6.92 Å². The van der Waals surface area contributed by atoms with E-state index in [4.69, 9.17) is 5.11 Å². The zero-order valence-electron chi connectivity index (χ0n) is 6.90. The van der Waals surface area contributed by atoms with Crippen LogP contribution in [0.4, 0.5) is 0 Å². The molecule has 0 radical (unpaired) electrons. The van der Waals surface area contributed by atoms with Crippen LogP contribution in [0.3, 0.4) is 0 Å². The zero-order chi connectivity index (χ0) is 9.42. The Labute approximate surface area is 73.4 Å². The van der Waals surface area contributed by atoms with Gasteiger partial charge in [0.1, 0.15) is 0 Å². The lowest BCUT2D eigenvalue weighted by atomic mass is 10.2. The third-order valence-electron chi connectivity index (χ3n) is 1.79. The number of carbonyl (C=O) groups is 1. The zero-order valence-corrected chi connectivity index (χ0v) is 6.90. The molecule has 0 spiro atoms. The lowest BCUT2D eigenvalue weighted by Gasteiger charge is -1.91. The number of H-pyrrole nitrogens is 1. The number of nitrogens with zero attached hydrogens (tertiary/aromatic N) is 2. The molecule has 0 fully saturated rings. The summed E-state index contributed by atoms with van der Waals surface area (Å²) in [7, 11) is 0. The monoisotopic (exact) mass is 177 g/mol. The van der Waals surface area contributed by atoms with Crippen molar-refractivity contribution in [2.24, 2.45) is 0 Å². The van der Waals surface area contributed by atoms with Crippen molar-refractivity contribution in [3.8, 4) is 0 Å². The van der Waals surface area contributed by atoms with Crippen molar-refractivity contribution in [2.45, 2.75) is 6.92 Å². The smallest absolute Gasteiger partial charge is 0.357 e. The maximum Gasteiger partial charge on any atom is 0.357 e. The molecule has 13 heavy (non-hydrogen) atoms. The quantitative estimate of drug-likeness (QED) is 0.680. The average Bonchev–Trinajstić information content (AvgIpc) is 2.46. The minimum absolute atomic E-state index is 0.0421. The fraction of sp³-hybridized carbons (Fsp3) is 0.125. The Morgan fingerprint density at radius 2 is 2.38 bits per heavy atom. The second-order valence-electron chi connectivity index (χ2n) is 2.75. The van der Waals surface area contributed by atoms with Crippen molar-refractivity contribution < 1.29 is 9.90 Å². The molecule has 2 aromatic heterocycles. The molecular weight excluding hydrogens is 170 g/mol. The minimum Gasteiger partial charge on any atom is -0.476 e. The fourth-order valence-corrected chi connectivity index (χ4v) is 1.18. The van der Waals surface area contributed by atoms with Gasteiger partial charge in [-0.3, -0.25) is 10.1 Å². The molecule has 0 atom stereocenters. The molecular formula is C8H7N3O2. The highest BCUT2D eigenvalue weighted by Gasteiger charge is 2.12. The van der Waals surface area contributed by atoms with Gasteiger partial charge in [-0.1, -0.05) is 0 Å². The van der Waals surface area contributed by atoms with E-state index in [1.54, 1.807) is 19.2 Å². The van der Waals surface area contributed by atoms with E-state index in [1.165, 1.54) is 0 Å². The van der Waals surface area contributed by atoms with Crippen molar-refractivity contribution in [1.29, 1.82) is 0 Å². The van der Waals surface area contributed by atoms with Crippen molar-refractivity contribution in [1.82, 2.24) is 15.2 Å². The van der Waals surface area contributed by atoms with Crippen LogP contribution < -0.4 is 0 Å². The summed E-state index contributed by atoms with van der Waals surface area (Å²) in [6.07, 6.45) is 1.57. The van der Waals surface area contributed by atoms with E-state index in [1.807, 2.05) is 0 Å². The van der Waals surface area contributed by atoms with Crippen LogP contribution in [-0.2, 0) is 0 Å². The molecule has 2 heterocycles. The number of aromatic carboxylic acids is 1. The Balaban J connectivity index is 2.79. The lowest BCUT2D eigenvalue weighted by molar-refractivity contribution is 0.0692. The predicted octanol–water partition coefficient (Wildman–Crippen LogP) is 0.965. The summed E-state index contributed by atoms with van der Waals surface area (Å²) < 4.78 is 0. The molecule has 0 aromatic carbocycles. The molecule has 0 bridgehead atoms. The molecule has 66 valence electrons. The second-order valence-corrected chi connectivity index (χ2v) is 2.75. The number of rotatable bonds is 1. The molecule has 2 aromatic rings. The van der Waals surface area contributed by atoms with E-state index in [-0.39, 0.29) is 5.69 Å². The molecule has 2 rings (SSSR count). The summed E-state index contributed by atoms with van der Waals surface area (Å²) in [6, 6.07) is 1.70. The first-order chi connectivity index (χ1) is 6.18. The highest BCUT2D eigenvalue weighted by Crippen LogP contribution is 2.15. The van der Waals surface area contributed by atoms with Gasteiger partial charge in [-0.2, -0.15) is 5.10 Å². The summed E-state index contributed by atoms with van der Waals surface area (Å²) >= 11 is 0. The van der Waals surface area contributed by atoms with E-state index >= 15 is 0 Å². The minimum atomic E-state index is -1.03. The number of aromatic nitrogens is 3. The van der Waals surface area contributed by atoms with Crippen molar-refractivity contribution >= 4 is 16.9 Å². The number of fused-ring (bicyclic) bond motifs is 1. The molecule has 0 amide bonds. The maximum absolute atomic E-state index is 10.7. The summed E-state index contributed by atoms with van der Waals surface area (Å²) in [6.45, 7) is 1.80. The van der Waals surface area contributed by atoms with E-state index in [0.29, 0.717) is 10.9 Å². The first kappa shape index (κ1) is 7.72. The Bertz CT molecular complexity index is 475. The van der Waals surface area contributed by atoms with Crippen LogP contribution in [-0.4, -0.2) is 26.3 Å². The number of carboxylic acid groups (broad SMARTS) is 1. The van der Waals surface area contributed by atoms with Gasteiger partial charge in [0.15, 0.2) is 5.69 Å². The number of aryl methyl sites for hydroxylation is 1. The molecule has 0 unspecified atom stereocenters. The molecule has 5 heteroatoms. The maximum atomic E-state index is 10.7. The van der Waals surface area contributed by atoms with Crippen LogP contribution in [0.1, 0.15) is 16.2 Å².